The molecule has 4 nitrogen and oxygen atoms in total. The van der Waals surface area contributed by atoms with Crippen molar-refractivity contribution in [3.63, 3.8) is 0 Å². The van der Waals surface area contributed by atoms with E-state index in [1.807, 2.05) is 37.3 Å². The SMILES string of the molecule is [C-]#[N+]c1ccc(COc2ccc3c(c2)CCC(CC(=O)OCC)C3)cc1. The van der Waals surface area contributed by atoms with Crippen molar-refractivity contribution in [3.8, 4) is 5.75 Å². The fourth-order valence-corrected chi connectivity index (χ4v) is 3.36. The molecule has 0 radical (unpaired) electrons. The molecule has 0 saturated heterocycles. The summed E-state index contributed by atoms with van der Waals surface area (Å²) in [4.78, 5) is 15.1. The molecule has 0 bridgehead atoms. The van der Waals surface area contributed by atoms with Gasteiger partial charge in [-0.15, -0.1) is 0 Å². The lowest BCUT2D eigenvalue weighted by molar-refractivity contribution is -0.144. The molecule has 2 aromatic carbocycles. The number of hydrogen-bond donors (Lipinski definition) is 0. The average molecular weight is 349 g/mol. The van der Waals surface area contributed by atoms with Crippen LogP contribution in [0.25, 0.3) is 4.85 Å². The van der Waals surface area contributed by atoms with Crippen LogP contribution in [-0.4, -0.2) is 12.6 Å². The van der Waals surface area contributed by atoms with E-state index in [1.165, 1.54) is 11.1 Å². The lowest BCUT2D eigenvalue weighted by Gasteiger charge is -2.24. The van der Waals surface area contributed by atoms with Crippen LogP contribution in [0, 0.1) is 12.5 Å². The van der Waals surface area contributed by atoms with Crippen LogP contribution in [0.5, 0.6) is 5.75 Å². The monoisotopic (exact) mass is 349 g/mol. The van der Waals surface area contributed by atoms with Crippen molar-refractivity contribution in [2.75, 3.05) is 6.61 Å². The second kappa shape index (κ2) is 8.53. The molecule has 1 aliphatic carbocycles. The van der Waals surface area contributed by atoms with Crippen LogP contribution in [0.2, 0.25) is 0 Å². The van der Waals surface area contributed by atoms with Gasteiger partial charge in [-0.2, -0.15) is 0 Å². The molecule has 0 heterocycles. The lowest BCUT2D eigenvalue weighted by atomic mass is 9.82. The maximum Gasteiger partial charge on any atom is 0.306 e. The van der Waals surface area contributed by atoms with Gasteiger partial charge in [0, 0.05) is 6.42 Å². The summed E-state index contributed by atoms with van der Waals surface area (Å²) < 4.78 is 11.0. The molecule has 0 saturated carbocycles. The van der Waals surface area contributed by atoms with Gasteiger partial charge >= 0.3 is 5.97 Å². The summed E-state index contributed by atoms with van der Waals surface area (Å²) in [6.45, 7) is 9.76. The second-order valence-corrected chi connectivity index (χ2v) is 6.62. The fraction of sp³-hybridized carbons (Fsp3) is 0.364. The van der Waals surface area contributed by atoms with E-state index in [2.05, 4.69) is 17.0 Å². The minimum atomic E-state index is -0.0925. The Morgan fingerprint density at radius 2 is 2.00 bits per heavy atom. The third kappa shape index (κ3) is 4.64. The Kier molecular flexibility index (Phi) is 5.91. The van der Waals surface area contributed by atoms with Gasteiger partial charge in [0.15, 0.2) is 5.69 Å². The summed E-state index contributed by atoms with van der Waals surface area (Å²) in [5, 5.41) is 0. The van der Waals surface area contributed by atoms with Crippen molar-refractivity contribution in [3.05, 3.63) is 70.6 Å². The number of fused-ring (bicyclic) bond motifs is 1. The molecule has 134 valence electrons. The van der Waals surface area contributed by atoms with E-state index in [9.17, 15) is 4.79 Å². The van der Waals surface area contributed by atoms with Gasteiger partial charge < -0.3 is 9.47 Å². The van der Waals surface area contributed by atoms with E-state index in [-0.39, 0.29) is 5.97 Å². The third-order valence-electron chi connectivity index (χ3n) is 4.74. The second-order valence-electron chi connectivity index (χ2n) is 6.62. The number of carbonyl (C=O) groups excluding carboxylic acids is 1. The first-order chi connectivity index (χ1) is 12.7. The van der Waals surface area contributed by atoms with E-state index in [0.29, 0.717) is 31.2 Å². The number of hydrogen-bond acceptors (Lipinski definition) is 3. The summed E-state index contributed by atoms with van der Waals surface area (Å²) in [5.41, 5.74) is 4.30. The van der Waals surface area contributed by atoms with Gasteiger partial charge in [-0.05, 0) is 60.9 Å². The molecule has 1 atom stereocenters. The molecular formula is C22H23NO3. The van der Waals surface area contributed by atoms with Crippen LogP contribution in [0.15, 0.2) is 42.5 Å². The van der Waals surface area contributed by atoms with Crippen molar-refractivity contribution >= 4 is 11.7 Å². The Labute approximate surface area is 154 Å². The molecule has 0 N–H and O–H groups in total. The predicted molar refractivity (Wildman–Crippen MR) is 100 cm³/mol. The normalized spacial score (nSPS) is 15.6. The molecular weight excluding hydrogens is 326 g/mol. The van der Waals surface area contributed by atoms with Gasteiger partial charge in [0.2, 0.25) is 0 Å². The van der Waals surface area contributed by atoms with Crippen LogP contribution in [0.4, 0.5) is 5.69 Å². The van der Waals surface area contributed by atoms with E-state index in [0.717, 1.165) is 30.6 Å². The molecule has 1 aliphatic rings. The van der Waals surface area contributed by atoms with Crippen LogP contribution in [0.1, 0.15) is 36.5 Å². The number of aryl methyl sites for hydroxylation is 1. The summed E-state index contributed by atoms with van der Waals surface area (Å²) in [5.74, 6) is 1.14. The Morgan fingerprint density at radius 3 is 2.73 bits per heavy atom. The lowest BCUT2D eigenvalue weighted by Crippen LogP contribution is -2.19. The van der Waals surface area contributed by atoms with Crippen molar-refractivity contribution < 1.29 is 14.3 Å². The van der Waals surface area contributed by atoms with E-state index < -0.39 is 0 Å². The standard InChI is InChI=1S/C22H23NO3/c1-3-25-22(24)13-17-4-7-19-14-21(11-8-18(19)12-17)26-15-16-5-9-20(23-2)10-6-16/h5-6,8-11,14,17H,3-4,7,12-13,15H2,1H3. The molecule has 3 rings (SSSR count). The highest BCUT2D eigenvalue weighted by Crippen LogP contribution is 2.30. The molecule has 0 fully saturated rings. The van der Waals surface area contributed by atoms with Gasteiger partial charge in [0.25, 0.3) is 0 Å². The zero-order valence-electron chi connectivity index (χ0n) is 15.0. The predicted octanol–water partition coefficient (Wildman–Crippen LogP) is 4.87. The maximum absolute atomic E-state index is 11.7. The number of esters is 1. The van der Waals surface area contributed by atoms with E-state index in [1.54, 1.807) is 0 Å². The minimum Gasteiger partial charge on any atom is -0.489 e. The fourth-order valence-electron chi connectivity index (χ4n) is 3.36. The Bertz CT molecular complexity index is 805. The Morgan fingerprint density at radius 1 is 1.19 bits per heavy atom. The summed E-state index contributed by atoms with van der Waals surface area (Å²) in [7, 11) is 0. The quantitative estimate of drug-likeness (QED) is 0.551. The van der Waals surface area contributed by atoms with Crippen molar-refractivity contribution in [1.29, 1.82) is 0 Å². The molecule has 0 spiro atoms. The first-order valence-corrected chi connectivity index (χ1v) is 9.04. The topological polar surface area (TPSA) is 39.9 Å². The Hall–Kier alpha value is -2.80. The minimum absolute atomic E-state index is 0.0925. The van der Waals surface area contributed by atoms with Gasteiger partial charge in [-0.3, -0.25) is 4.79 Å². The highest BCUT2D eigenvalue weighted by atomic mass is 16.5. The van der Waals surface area contributed by atoms with Crippen LogP contribution >= 0.6 is 0 Å². The van der Waals surface area contributed by atoms with Crippen molar-refractivity contribution in [1.82, 2.24) is 0 Å². The molecule has 0 aliphatic heterocycles. The molecule has 0 amide bonds. The van der Waals surface area contributed by atoms with Crippen LogP contribution < -0.4 is 4.74 Å². The van der Waals surface area contributed by atoms with Gasteiger partial charge in [-0.1, -0.05) is 30.3 Å². The number of ether oxygens (including phenoxy) is 2. The van der Waals surface area contributed by atoms with Crippen LogP contribution in [-0.2, 0) is 29.0 Å². The smallest absolute Gasteiger partial charge is 0.306 e. The highest BCUT2D eigenvalue weighted by molar-refractivity contribution is 5.69. The Balaban J connectivity index is 1.57. The number of benzene rings is 2. The number of rotatable bonds is 6. The summed E-state index contributed by atoms with van der Waals surface area (Å²) >= 11 is 0. The first-order valence-electron chi connectivity index (χ1n) is 9.04. The van der Waals surface area contributed by atoms with Crippen molar-refractivity contribution in [2.45, 2.75) is 39.2 Å². The third-order valence-corrected chi connectivity index (χ3v) is 4.74. The molecule has 26 heavy (non-hydrogen) atoms. The number of nitrogens with zero attached hydrogens (tertiary/aromatic N) is 1. The van der Waals surface area contributed by atoms with Crippen LogP contribution in [0.3, 0.4) is 0 Å². The summed E-state index contributed by atoms with van der Waals surface area (Å²) in [6.07, 6.45) is 3.41. The number of carbonyl (C=O) groups is 1. The molecule has 1 unspecified atom stereocenters. The van der Waals surface area contributed by atoms with Gasteiger partial charge in [0.05, 0.1) is 13.2 Å². The van der Waals surface area contributed by atoms with E-state index in [4.69, 9.17) is 16.0 Å². The average Bonchev–Trinajstić information content (AvgIpc) is 2.67. The van der Waals surface area contributed by atoms with Gasteiger partial charge in [0.1, 0.15) is 12.4 Å². The zero-order valence-corrected chi connectivity index (χ0v) is 15.0. The first kappa shape index (κ1) is 18.0. The zero-order chi connectivity index (χ0) is 18.4. The molecule has 4 heteroatoms. The van der Waals surface area contributed by atoms with Crippen molar-refractivity contribution in [2.24, 2.45) is 5.92 Å². The molecule has 2 aromatic rings. The van der Waals surface area contributed by atoms with E-state index >= 15 is 0 Å². The maximum atomic E-state index is 11.7. The van der Waals surface area contributed by atoms with Gasteiger partial charge in [-0.25, -0.2) is 4.85 Å². The highest BCUT2D eigenvalue weighted by Gasteiger charge is 2.22. The summed E-state index contributed by atoms with van der Waals surface area (Å²) in [6, 6.07) is 13.7. The largest absolute Gasteiger partial charge is 0.489 e. The molecule has 0 aromatic heterocycles.